The topological polar surface area (TPSA) is 41.6 Å². The lowest BCUT2D eigenvalue weighted by molar-refractivity contribution is -0.133. The molecule has 0 aromatic heterocycles. The Morgan fingerprint density at radius 1 is 1.57 bits per heavy atom. The molecule has 0 aromatic rings. The van der Waals surface area contributed by atoms with E-state index in [0.29, 0.717) is 13.2 Å². The van der Waals surface area contributed by atoms with Crippen LogP contribution in [0.1, 0.15) is 19.3 Å². The van der Waals surface area contributed by atoms with Crippen LogP contribution in [-0.2, 0) is 9.53 Å². The summed E-state index contributed by atoms with van der Waals surface area (Å²) in [5.41, 5.74) is 0. The highest BCUT2D eigenvalue weighted by atomic mass is 16.5. The summed E-state index contributed by atoms with van der Waals surface area (Å²) in [7, 11) is 3.48. The van der Waals surface area contributed by atoms with Crippen molar-refractivity contribution >= 4 is 5.91 Å². The van der Waals surface area contributed by atoms with Gasteiger partial charge < -0.3 is 15.0 Å². The van der Waals surface area contributed by atoms with Gasteiger partial charge in [0.05, 0.1) is 12.6 Å². The molecule has 1 heterocycles. The molecule has 0 spiro atoms. The molecular weight excluding hydrogens is 180 g/mol. The molecule has 4 nitrogen and oxygen atoms in total. The molecule has 1 saturated heterocycles. The standard InChI is InChI=1S/C10H20N2O2/c1-12(7-8-14-2)10(13)9-5-3-4-6-11-9/h9,11H,3-8H2,1-2H3/t9-/m0/s1. The normalized spacial score (nSPS) is 22.0. The highest BCUT2D eigenvalue weighted by molar-refractivity contribution is 5.81. The summed E-state index contributed by atoms with van der Waals surface area (Å²) in [5, 5.41) is 3.24. The van der Waals surface area contributed by atoms with Crippen LogP contribution in [0.4, 0.5) is 0 Å². The number of ether oxygens (including phenoxy) is 1. The molecule has 4 heteroatoms. The minimum atomic E-state index is 0.0330. The minimum absolute atomic E-state index is 0.0330. The maximum absolute atomic E-state index is 11.8. The lowest BCUT2D eigenvalue weighted by Gasteiger charge is -2.27. The molecule has 0 unspecified atom stereocenters. The molecule has 1 rings (SSSR count). The van der Waals surface area contributed by atoms with Gasteiger partial charge in [0.25, 0.3) is 0 Å². The molecule has 1 N–H and O–H groups in total. The highest BCUT2D eigenvalue weighted by Crippen LogP contribution is 2.08. The first-order chi connectivity index (χ1) is 6.75. The minimum Gasteiger partial charge on any atom is -0.383 e. The molecule has 0 aromatic carbocycles. The predicted octanol–water partition coefficient (Wildman–Crippen LogP) is 0.233. The van der Waals surface area contributed by atoms with Gasteiger partial charge in [-0.25, -0.2) is 0 Å². The molecular formula is C10H20N2O2. The van der Waals surface area contributed by atoms with Crippen LogP contribution in [0.15, 0.2) is 0 Å². The van der Waals surface area contributed by atoms with Crippen molar-refractivity contribution in [3.8, 4) is 0 Å². The number of rotatable bonds is 4. The second kappa shape index (κ2) is 5.98. The predicted molar refractivity (Wildman–Crippen MR) is 55.2 cm³/mol. The van der Waals surface area contributed by atoms with Crippen molar-refractivity contribution in [3.63, 3.8) is 0 Å². The Balaban J connectivity index is 2.30. The molecule has 1 fully saturated rings. The summed E-state index contributed by atoms with van der Waals surface area (Å²) >= 11 is 0. The van der Waals surface area contributed by atoms with Crippen LogP contribution >= 0.6 is 0 Å². The van der Waals surface area contributed by atoms with Crippen LogP contribution in [0.2, 0.25) is 0 Å². The second-order valence-electron chi connectivity index (χ2n) is 3.76. The monoisotopic (exact) mass is 200 g/mol. The Hall–Kier alpha value is -0.610. The Morgan fingerprint density at radius 3 is 2.93 bits per heavy atom. The maximum Gasteiger partial charge on any atom is 0.239 e. The van der Waals surface area contributed by atoms with Gasteiger partial charge in [-0.2, -0.15) is 0 Å². The summed E-state index contributed by atoms with van der Waals surface area (Å²) in [6, 6.07) is 0.0330. The summed E-state index contributed by atoms with van der Waals surface area (Å²) in [4.78, 5) is 13.6. The van der Waals surface area contributed by atoms with Gasteiger partial charge in [-0.3, -0.25) is 4.79 Å². The zero-order valence-electron chi connectivity index (χ0n) is 9.08. The van der Waals surface area contributed by atoms with E-state index in [1.165, 1.54) is 6.42 Å². The fraction of sp³-hybridized carbons (Fsp3) is 0.900. The number of amides is 1. The van der Waals surface area contributed by atoms with Crippen LogP contribution in [-0.4, -0.2) is 50.7 Å². The quantitative estimate of drug-likeness (QED) is 0.706. The van der Waals surface area contributed by atoms with Crippen molar-refractivity contribution in [1.29, 1.82) is 0 Å². The van der Waals surface area contributed by atoms with Crippen molar-refractivity contribution < 1.29 is 9.53 Å². The van der Waals surface area contributed by atoms with Gasteiger partial charge in [0, 0.05) is 20.7 Å². The number of carbonyl (C=O) groups excluding carboxylic acids is 1. The first-order valence-corrected chi connectivity index (χ1v) is 5.23. The van der Waals surface area contributed by atoms with E-state index in [1.54, 1.807) is 12.0 Å². The zero-order chi connectivity index (χ0) is 10.4. The number of piperidine rings is 1. The summed E-state index contributed by atoms with van der Waals surface area (Å²) in [6.45, 7) is 2.25. The third-order valence-corrected chi connectivity index (χ3v) is 2.62. The average molecular weight is 200 g/mol. The Bertz CT molecular complexity index is 179. The van der Waals surface area contributed by atoms with Crippen LogP contribution < -0.4 is 5.32 Å². The van der Waals surface area contributed by atoms with Crippen molar-refractivity contribution in [2.75, 3.05) is 33.9 Å². The van der Waals surface area contributed by atoms with E-state index < -0.39 is 0 Å². The molecule has 0 radical (unpaired) electrons. The summed E-state index contributed by atoms with van der Waals surface area (Å²) < 4.78 is 4.94. The van der Waals surface area contributed by atoms with Gasteiger partial charge in [-0.15, -0.1) is 0 Å². The first kappa shape index (κ1) is 11.5. The van der Waals surface area contributed by atoms with Gasteiger partial charge in [0.2, 0.25) is 5.91 Å². The smallest absolute Gasteiger partial charge is 0.239 e. The molecule has 1 atom stereocenters. The molecule has 0 bridgehead atoms. The zero-order valence-corrected chi connectivity index (χ0v) is 9.08. The van der Waals surface area contributed by atoms with Crippen molar-refractivity contribution in [1.82, 2.24) is 10.2 Å². The number of nitrogens with one attached hydrogen (secondary N) is 1. The van der Waals surface area contributed by atoms with E-state index in [1.807, 2.05) is 7.05 Å². The van der Waals surface area contributed by atoms with E-state index in [0.717, 1.165) is 19.4 Å². The number of nitrogens with zero attached hydrogens (tertiary/aromatic N) is 1. The molecule has 0 saturated carbocycles. The number of hydrogen-bond acceptors (Lipinski definition) is 3. The van der Waals surface area contributed by atoms with Gasteiger partial charge >= 0.3 is 0 Å². The van der Waals surface area contributed by atoms with E-state index >= 15 is 0 Å². The molecule has 1 amide bonds. The van der Waals surface area contributed by atoms with Crippen LogP contribution in [0, 0.1) is 0 Å². The lowest BCUT2D eigenvalue weighted by Crippen LogP contribution is -2.47. The van der Waals surface area contributed by atoms with E-state index in [-0.39, 0.29) is 11.9 Å². The van der Waals surface area contributed by atoms with Gasteiger partial charge in [0.1, 0.15) is 0 Å². The molecule has 82 valence electrons. The highest BCUT2D eigenvalue weighted by Gasteiger charge is 2.22. The fourth-order valence-electron chi connectivity index (χ4n) is 1.67. The molecule has 0 aliphatic carbocycles. The fourth-order valence-corrected chi connectivity index (χ4v) is 1.67. The van der Waals surface area contributed by atoms with E-state index in [4.69, 9.17) is 4.74 Å². The van der Waals surface area contributed by atoms with Gasteiger partial charge in [-0.05, 0) is 19.4 Å². The number of likely N-dealkylation sites (N-methyl/N-ethyl adjacent to an activating group) is 1. The Morgan fingerprint density at radius 2 is 2.36 bits per heavy atom. The van der Waals surface area contributed by atoms with Gasteiger partial charge in [0.15, 0.2) is 0 Å². The average Bonchev–Trinajstić information content (AvgIpc) is 2.26. The molecule has 1 aliphatic rings. The van der Waals surface area contributed by atoms with Crippen LogP contribution in [0.5, 0.6) is 0 Å². The summed E-state index contributed by atoms with van der Waals surface area (Å²) in [6.07, 6.45) is 3.31. The van der Waals surface area contributed by atoms with Gasteiger partial charge in [-0.1, -0.05) is 6.42 Å². The second-order valence-corrected chi connectivity index (χ2v) is 3.76. The third kappa shape index (κ3) is 3.27. The number of methoxy groups -OCH3 is 1. The summed E-state index contributed by atoms with van der Waals surface area (Å²) in [5.74, 6) is 0.196. The SMILES string of the molecule is COCCN(C)C(=O)[C@@H]1CCCCN1. The molecule has 14 heavy (non-hydrogen) atoms. The number of hydrogen-bond donors (Lipinski definition) is 1. The maximum atomic E-state index is 11.8. The largest absolute Gasteiger partial charge is 0.383 e. The van der Waals surface area contributed by atoms with Crippen molar-refractivity contribution in [3.05, 3.63) is 0 Å². The van der Waals surface area contributed by atoms with Crippen molar-refractivity contribution in [2.45, 2.75) is 25.3 Å². The molecule has 1 aliphatic heterocycles. The Labute approximate surface area is 85.6 Å². The number of carbonyl (C=O) groups is 1. The van der Waals surface area contributed by atoms with E-state index in [2.05, 4.69) is 5.32 Å². The van der Waals surface area contributed by atoms with Crippen molar-refractivity contribution in [2.24, 2.45) is 0 Å². The van der Waals surface area contributed by atoms with Crippen LogP contribution in [0.25, 0.3) is 0 Å². The van der Waals surface area contributed by atoms with E-state index in [9.17, 15) is 4.79 Å². The Kier molecular flexibility index (Phi) is 4.90. The van der Waals surface area contributed by atoms with Crippen LogP contribution in [0.3, 0.4) is 0 Å². The third-order valence-electron chi connectivity index (χ3n) is 2.62. The lowest BCUT2D eigenvalue weighted by atomic mass is 10.0. The first-order valence-electron chi connectivity index (χ1n) is 5.23.